The molecule has 0 unspecified atom stereocenters. The molecule has 3 aromatic rings. The molecule has 170 valence electrons. The number of piperidine rings is 1. The Labute approximate surface area is 193 Å². The molecule has 0 bridgehead atoms. The number of carbonyl (C=O) groups is 2. The largest absolute Gasteiger partial charge is 0.465 e. The van der Waals surface area contributed by atoms with E-state index in [9.17, 15) is 9.59 Å². The third kappa shape index (κ3) is 6.10. The minimum absolute atomic E-state index is 0.103. The van der Waals surface area contributed by atoms with E-state index in [1.54, 1.807) is 42.6 Å². The zero-order valence-electron chi connectivity index (χ0n) is 18.7. The second kappa shape index (κ2) is 10.6. The van der Waals surface area contributed by atoms with Crippen LogP contribution in [0.2, 0.25) is 0 Å². The topological polar surface area (TPSA) is 87.5 Å². The van der Waals surface area contributed by atoms with E-state index in [0.717, 1.165) is 30.4 Å². The Bertz CT molecular complexity index is 1080. The van der Waals surface area contributed by atoms with Gasteiger partial charge in [-0.3, -0.25) is 9.59 Å². The summed E-state index contributed by atoms with van der Waals surface area (Å²) < 4.78 is 5.32. The van der Waals surface area contributed by atoms with Crippen LogP contribution in [0.5, 0.6) is 0 Å². The van der Waals surface area contributed by atoms with Crippen LogP contribution >= 0.6 is 0 Å². The predicted molar refractivity (Wildman–Crippen MR) is 127 cm³/mol. The first-order valence-electron chi connectivity index (χ1n) is 11.2. The summed E-state index contributed by atoms with van der Waals surface area (Å²) in [5.74, 6) is 1.41. The average Bonchev–Trinajstić information content (AvgIpc) is 3.37. The average molecular weight is 445 g/mol. The molecule has 2 amide bonds. The quantitative estimate of drug-likeness (QED) is 0.538. The Morgan fingerprint density at radius 2 is 1.88 bits per heavy atom. The third-order valence-corrected chi connectivity index (χ3v) is 5.73. The lowest BCUT2D eigenvalue weighted by Gasteiger charge is -2.31. The van der Waals surface area contributed by atoms with E-state index in [1.165, 1.54) is 25.2 Å². The van der Waals surface area contributed by atoms with Crippen LogP contribution in [0.3, 0.4) is 0 Å². The van der Waals surface area contributed by atoms with Crippen LogP contribution in [0.15, 0.2) is 77.2 Å². The molecule has 33 heavy (non-hydrogen) atoms. The van der Waals surface area contributed by atoms with Crippen molar-refractivity contribution in [3.8, 4) is 0 Å². The van der Waals surface area contributed by atoms with Crippen LogP contribution in [0.25, 0.3) is 6.08 Å². The third-order valence-electron chi connectivity index (χ3n) is 5.73. The summed E-state index contributed by atoms with van der Waals surface area (Å²) in [5, 5.41) is 5.55. The second-order valence-electron chi connectivity index (χ2n) is 8.27. The summed E-state index contributed by atoms with van der Waals surface area (Å²) in [4.78, 5) is 32.4. The summed E-state index contributed by atoms with van der Waals surface area (Å²) in [6.45, 7) is 4.62. The molecule has 2 N–H and O–H groups in total. The highest BCUT2D eigenvalue weighted by molar-refractivity contribution is 6.05. The lowest BCUT2D eigenvalue weighted by atomic mass is 9.99. The zero-order chi connectivity index (χ0) is 23.0. The molecule has 0 aliphatic carbocycles. The fourth-order valence-corrected chi connectivity index (χ4v) is 3.68. The number of hydrogen-bond donors (Lipinski definition) is 2. The van der Waals surface area contributed by atoms with Gasteiger partial charge in [0.15, 0.2) is 0 Å². The summed E-state index contributed by atoms with van der Waals surface area (Å²) in [6.07, 6.45) is 7.16. The number of anilines is 1. The van der Waals surface area contributed by atoms with Gasteiger partial charge in [-0.05, 0) is 54.7 Å². The van der Waals surface area contributed by atoms with E-state index < -0.39 is 5.91 Å². The fraction of sp³-hybridized carbons (Fsp3) is 0.269. The summed E-state index contributed by atoms with van der Waals surface area (Å²) in [5.41, 5.74) is 1.44. The second-order valence-corrected chi connectivity index (χ2v) is 8.27. The fourth-order valence-electron chi connectivity index (χ4n) is 3.68. The van der Waals surface area contributed by atoms with Gasteiger partial charge in [-0.1, -0.05) is 31.2 Å². The maximum atomic E-state index is 12.9. The van der Waals surface area contributed by atoms with E-state index >= 15 is 0 Å². The molecule has 7 heteroatoms. The minimum atomic E-state index is -0.412. The van der Waals surface area contributed by atoms with Crippen molar-refractivity contribution in [2.24, 2.45) is 5.92 Å². The van der Waals surface area contributed by atoms with Crippen LogP contribution in [-0.2, 0) is 11.3 Å². The predicted octanol–water partition coefficient (Wildman–Crippen LogP) is 4.00. The van der Waals surface area contributed by atoms with E-state index in [-0.39, 0.29) is 11.6 Å². The Hall–Kier alpha value is -3.87. The van der Waals surface area contributed by atoms with E-state index in [1.807, 2.05) is 18.2 Å². The smallest absolute Gasteiger partial charge is 0.268 e. The first-order valence-corrected chi connectivity index (χ1v) is 11.2. The van der Waals surface area contributed by atoms with E-state index in [2.05, 4.69) is 27.4 Å². The van der Waals surface area contributed by atoms with Gasteiger partial charge >= 0.3 is 0 Å². The van der Waals surface area contributed by atoms with Gasteiger partial charge in [-0.25, -0.2) is 4.98 Å². The number of benzene rings is 1. The molecular weight excluding hydrogens is 416 g/mol. The highest BCUT2D eigenvalue weighted by atomic mass is 16.3. The molecule has 2 aromatic heterocycles. The first-order chi connectivity index (χ1) is 16.1. The molecule has 1 aliphatic rings. The van der Waals surface area contributed by atoms with Gasteiger partial charge in [0.05, 0.1) is 6.26 Å². The minimum Gasteiger partial charge on any atom is -0.465 e. The normalized spacial score (nSPS) is 14.7. The molecule has 7 nitrogen and oxygen atoms in total. The van der Waals surface area contributed by atoms with Crippen molar-refractivity contribution in [3.05, 3.63) is 89.6 Å². The van der Waals surface area contributed by atoms with Gasteiger partial charge in [0.2, 0.25) is 0 Å². The van der Waals surface area contributed by atoms with E-state index in [0.29, 0.717) is 17.9 Å². The van der Waals surface area contributed by atoms with Crippen LogP contribution < -0.4 is 15.5 Å². The standard InChI is InChI=1S/C26H28N4O3/c1-19-11-13-30(14-12-19)24-10-9-20(17-27-24)18-28-26(32)23(16-22-8-5-15-33-22)29-25(31)21-6-3-2-4-7-21/h2-10,15-17,19H,11-14,18H2,1H3,(H,28,32)(H,29,31). The number of amides is 2. The number of furan rings is 1. The summed E-state index contributed by atoms with van der Waals surface area (Å²) in [7, 11) is 0. The van der Waals surface area contributed by atoms with Crippen LogP contribution in [-0.4, -0.2) is 29.9 Å². The highest BCUT2D eigenvalue weighted by Gasteiger charge is 2.17. The van der Waals surface area contributed by atoms with Gasteiger partial charge in [0.25, 0.3) is 11.8 Å². The summed E-state index contributed by atoms with van der Waals surface area (Å²) >= 11 is 0. The van der Waals surface area contributed by atoms with Gasteiger partial charge in [-0.2, -0.15) is 0 Å². The van der Waals surface area contributed by atoms with Crippen LogP contribution in [0.1, 0.15) is 41.4 Å². The lowest BCUT2D eigenvalue weighted by Crippen LogP contribution is -2.34. The number of pyridine rings is 1. The molecule has 0 spiro atoms. The van der Waals surface area contributed by atoms with Crippen molar-refractivity contribution < 1.29 is 14.0 Å². The lowest BCUT2D eigenvalue weighted by molar-refractivity contribution is -0.117. The van der Waals surface area contributed by atoms with Crippen molar-refractivity contribution >= 4 is 23.7 Å². The highest BCUT2D eigenvalue weighted by Crippen LogP contribution is 2.21. The Balaban J connectivity index is 1.40. The van der Waals surface area contributed by atoms with Crippen LogP contribution in [0, 0.1) is 5.92 Å². The van der Waals surface area contributed by atoms with Crippen molar-refractivity contribution in [3.63, 3.8) is 0 Å². The monoisotopic (exact) mass is 444 g/mol. The van der Waals surface area contributed by atoms with Crippen molar-refractivity contribution in [1.82, 2.24) is 15.6 Å². The van der Waals surface area contributed by atoms with Crippen molar-refractivity contribution in [2.75, 3.05) is 18.0 Å². The Kier molecular flexibility index (Phi) is 7.19. The number of rotatable bonds is 7. The number of aromatic nitrogens is 1. The molecule has 3 heterocycles. The van der Waals surface area contributed by atoms with Gasteiger partial charge in [-0.15, -0.1) is 0 Å². The van der Waals surface area contributed by atoms with Gasteiger partial charge in [0.1, 0.15) is 17.3 Å². The molecule has 1 fully saturated rings. The van der Waals surface area contributed by atoms with Gasteiger partial charge in [0, 0.05) is 37.5 Å². The molecule has 1 saturated heterocycles. The Morgan fingerprint density at radius 3 is 2.55 bits per heavy atom. The Morgan fingerprint density at radius 1 is 1.09 bits per heavy atom. The molecule has 0 radical (unpaired) electrons. The van der Waals surface area contributed by atoms with Crippen molar-refractivity contribution in [1.29, 1.82) is 0 Å². The number of nitrogens with one attached hydrogen (secondary N) is 2. The van der Waals surface area contributed by atoms with Gasteiger partial charge < -0.3 is 20.0 Å². The van der Waals surface area contributed by atoms with Crippen LogP contribution in [0.4, 0.5) is 5.82 Å². The number of hydrogen-bond acceptors (Lipinski definition) is 5. The van der Waals surface area contributed by atoms with E-state index in [4.69, 9.17) is 4.42 Å². The zero-order valence-corrected chi connectivity index (χ0v) is 18.7. The summed E-state index contributed by atoms with van der Waals surface area (Å²) in [6, 6.07) is 16.1. The maximum Gasteiger partial charge on any atom is 0.268 e. The molecular formula is C26H28N4O3. The molecule has 0 atom stereocenters. The maximum absolute atomic E-state index is 12.9. The number of nitrogens with zero attached hydrogens (tertiary/aromatic N) is 2. The molecule has 1 aromatic carbocycles. The van der Waals surface area contributed by atoms with Crippen molar-refractivity contribution in [2.45, 2.75) is 26.3 Å². The first kappa shape index (κ1) is 22.3. The number of carbonyl (C=O) groups excluding carboxylic acids is 2. The molecule has 4 rings (SSSR count). The molecule has 1 aliphatic heterocycles. The molecule has 0 saturated carbocycles. The SMILES string of the molecule is CC1CCN(c2ccc(CNC(=O)C(=Cc3ccco3)NC(=O)c3ccccc3)cn2)CC1.